The van der Waals surface area contributed by atoms with Crippen LogP contribution < -0.4 is 0 Å². The van der Waals surface area contributed by atoms with E-state index in [9.17, 15) is 5.26 Å². The Kier molecular flexibility index (Phi) is 2.15. The smallest absolute Gasteiger partial charge is 0.0814 e. The van der Waals surface area contributed by atoms with E-state index in [0.29, 0.717) is 5.92 Å². The molecule has 0 amide bonds. The average Bonchev–Trinajstić information content (AvgIpc) is 2.94. The summed E-state index contributed by atoms with van der Waals surface area (Å²) < 4.78 is 0. The molecule has 0 spiro atoms. The third kappa shape index (κ3) is 1.29. The van der Waals surface area contributed by atoms with Crippen LogP contribution in [0.2, 0.25) is 0 Å². The van der Waals surface area contributed by atoms with Crippen molar-refractivity contribution in [2.75, 3.05) is 0 Å². The van der Waals surface area contributed by atoms with E-state index in [1.165, 1.54) is 37.7 Å². The van der Waals surface area contributed by atoms with Gasteiger partial charge in [0.25, 0.3) is 0 Å². The van der Waals surface area contributed by atoms with E-state index in [1.807, 2.05) is 0 Å². The second kappa shape index (κ2) is 3.18. The van der Waals surface area contributed by atoms with Crippen molar-refractivity contribution >= 4 is 0 Å². The van der Waals surface area contributed by atoms with Gasteiger partial charge in [0, 0.05) is 0 Å². The Morgan fingerprint density at radius 3 is 2.92 bits per heavy atom. The van der Waals surface area contributed by atoms with E-state index in [0.717, 1.165) is 6.42 Å². The molecule has 0 aromatic heterocycles. The number of nitriles is 1. The Morgan fingerprint density at radius 2 is 2.46 bits per heavy atom. The lowest BCUT2D eigenvalue weighted by Crippen LogP contribution is -2.08. The highest BCUT2D eigenvalue weighted by Gasteiger charge is 2.55. The maximum absolute atomic E-state index is 9.22. The molecule has 0 heterocycles. The Morgan fingerprint density at radius 1 is 1.62 bits per heavy atom. The van der Waals surface area contributed by atoms with Crippen molar-refractivity contribution < 1.29 is 0 Å². The van der Waals surface area contributed by atoms with Crippen LogP contribution in [0.25, 0.3) is 0 Å². The lowest BCUT2D eigenvalue weighted by Gasteiger charge is -2.17. The summed E-state index contributed by atoms with van der Waals surface area (Å²) >= 11 is 0. The summed E-state index contributed by atoms with van der Waals surface area (Å²) in [6.07, 6.45) is 9.64. The first-order valence-corrected chi connectivity index (χ1v) is 5.44. The van der Waals surface area contributed by atoms with Crippen molar-refractivity contribution in [3.8, 4) is 6.07 Å². The van der Waals surface area contributed by atoms with Gasteiger partial charge in [-0.15, -0.1) is 0 Å². The second-order valence-electron chi connectivity index (χ2n) is 4.37. The van der Waals surface area contributed by atoms with E-state index in [2.05, 4.69) is 19.1 Å². The van der Waals surface area contributed by atoms with Crippen LogP contribution in [0.3, 0.4) is 0 Å². The first-order valence-electron chi connectivity index (χ1n) is 5.44. The minimum absolute atomic E-state index is 0.00479. The molecule has 0 aromatic carbocycles. The van der Waals surface area contributed by atoms with E-state index in [1.54, 1.807) is 0 Å². The summed E-state index contributed by atoms with van der Waals surface area (Å²) in [6, 6.07) is 2.55. The Labute approximate surface area is 80.4 Å². The molecule has 0 radical (unpaired) electrons. The highest BCUT2D eigenvalue weighted by atomic mass is 14.6. The van der Waals surface area contributed by atoms with Crippen LogP contribution in [0.15, 0.2) is 11.6 Å². The van der Waals surface area contributed by atoms with E-state index in [4.69, 9.17) is 0 Å². The quantitative estimate of drug-likeness (QED) is 0.590. The molecule has 1 saturated carbocycles. The maximum Gasteiger partial charge on any atom is 0.0814 e. The lowest BCUT2D eigenvalue weighted by molar-refractivity contribution is 0.576. The number of nitrogens with zero attached hydrogens (tertiary/aromatic N) is 1. The molecule has 13 heavy (non-hydrogen) atoms. The van der Waals surface area contributed by atoms with Gasteiger partial charge in [0.05, 0.1) is 11.5 Å². The van der Waals surface area contributed by atoms with Gasteiger partial charge in [-0.1, -0.05) is 25.0 Å². The van der Waals surface area contributed by atoms with Gasteiger partial charge in [-0.25, -0.2) is 0 Å². The predicted molar refractivity (Wildman–Crippen MR) is 53.0 cm³/mol. The summed E-state index contributed by atoms with van der Waals surface area (Å²) in [7, 11) is 0. The topological polar surface area (TPSA) is 23.8 Å². The number of hydrogen-bond donors (Lipinski definition) is 0. The largest absolute Gasteiger partial charge is 0.197 e. The van der Waals surface area contributed by atoms with Gasteiger partial charge in [-0.3, -0.25) is 0 Å². The molecule has 0 bridgehead atoms. The first-order chi connectivity index (χ1) is 6.33. The fourth-order valence-corrected chi connectivity index (χ4v) is 2.67. The lowest BCUT2D eigenvalue weighted by atomic mass is 9.85. The molecule has 0 N–H and O–H groups in total. The third-order valence-electron chi connectivity index (χ3n) is 3.66. The zero-order valence-electron chi connectivity index (χ0n) is 8.34. The molecule has 2 unspecified atom stereocenters. The van der Waals surface area contributed by atoms with E-state index in [-0.39, 0.29) is 5.41 Å². The number of rotatable bonds is 2. The summed E-state index contributed by atoms with van der Waals surface area (Å²) in [6.45, 7) is 2.20. The normalized spacial score (nSPS) is 37.8. The first kappa shape index (κ1) is 8.81. The van der Waals surface area contributed by atoms with Crippen molar-refractivity contribution in [3.63, 3.8) is 0 Å². The Bertz CT molecular complexity index is 271. The molecule has 1 nitrogen and oxygen atoms in total. The SMILES string of the molecule is CCC1CC1(C#N)C1=CCCCC1. The summed E-state index contributed by atoms with van der Waals surface area (Å²) in [5.41, 5.74) is 1.46. The van der Waals surface area contributed by atoms with Crippen molar-refractivity contribution in [2.24, 2.45) is 11.3 Å². The molecule has 2 aliphatic rings. The standard InChI is InChI=1S/C12H17N/c1-2-10-8-12(10,9-13)11-6-4-3-5-7-11/h6,10H,2-5,7-8H2,1H3. The molecular formula is C12H17N. The zero-order chi connectivity index (χ0) is 9.31. The van der Waals surface area contributed by atoms with Crippen LogP contribution in [-0.2, 0) is 0 Å². The van der Waals surface area contributed by atoms with Gasteiger partial charge in [-0.2, -0.15) is 5.26 Å². The molecule has 0 saturated heterocycles. The third-order valence-corrected chi connectivity index (χ3v) is 3.66. The Hall–Kier alpha value is -0.770. The van der Waals surface area contributed by atoms with Gasteiger partial charge >= 0.3 is 0 Å². The van der Waals surface area contributed by atoms with Crippen LogP contribution >= 0.6 is 0 Å². The minimum Gasteiger partial charge on any atom is -0.197 e. The predicted octanol–water partition coefficient (Wildman–Crippen LogP) is 3.43. The van der Waals surface area contributed by atoms with Crippen LogP contribution in [0.5, 0.6) is 0 Å². The molecule has 1 fully saturated rings. The highest BCUT2D eigenvalue weighted by molar-refractivity contribution is 5.34. The van der Waals surface area contributed by atoms with Crippen LogP contribution in [0.1, 0.15) is 45.4 Å². The van der Waals surface area contributed by atoms with Gasteiger partial charge in [0.1, 0.15) is 0 Å². The van der Waals surface area contributed by atoms with Crippen LogP contribution in [-0.4, -0.2) is 0 Å². The fraction of sp³-hybridized carbons (Fsp3) is 0.750. The molecule has 1 heteroatoms. The molecule has 2 rings (SSSR count). The molecular weight excluding hydrogens is 158 g/mol. The summed E-state index contributed by atoms with van der Waals surface area (Å²) in [5, 5.41) is 9.22. The van der Waals surface area contributed by atoms with Crippen molar-refractivity contribution in [3.05, 3.63) is 11.6 Å². The second-order valence-corrected chi connectivity index (χ2v) is 4.37. The van der Waals surface area contributed by atoms with Crippen LogP contribution in [0.4, 0.5) is 0 Å². The number of allylic oxidation sites excluding steroid dienone is 2. The summed E-state index contributed by atoms with van der Waals surface area (Å²) in [4.78, 5) is 0. The van der Waals surface area contributed by atoms with Crippen molar-refractivity contribution in [1.29, 1.82) is 5.26 Å². The molecule has 2 atom stereocenters. The Balaban J connectivity index is 2.15. The molecule has 0 aliphatic heterocycles. The van der Waals surface area contributed by atoms with Gasteiger partial charge in [0.15, 0.2) is 0 Å². The van der Waals surface area contributed by atoms with Crippen molar-refractivity contribution in [2.45, 2.75) is 45.4 Å². The highest BCUT2D eigenvalue weighted by Crippen LogP contribution is 2.60. The van der Waals surface area contributed by atoms with Gasteiger partial charge in [0.2, 0.25) is 0 Å². The fourth-order valence-electron chi connectivity index (χ4n) is 2.67. The zero-order valence-corrected chi connectivity index (χ0v) is 8.34. The van der Waals surface area contributed by atoms with E-state index >= 15 is 0 Å². The molecule has 0 aromatic rings. The number of hydrogen-bond acceptors (Lipinski definition) is 1. The van der Waals surface area contributed by atoms with Crippen molar-refractivity contribution in [1.82, 2.24) is 0 Å². The molecule has 70 valence electrons. The maximum atomic E-state index is 9.22. The summed E-state index contributed by atoms with van der Waals surface area (Å²) in [5.74, 6) is 0.668. The molecule has 2 aliphatic carbocycles. The monoisotopic (exact) mass is 175 g/mol. The van der Waals surface area contributed by atoms with Crippen LogP contribution in [0, 0.1) is 22.7 Å². The average molecular weight is 175 g/mol. The van der Waals surface area contributed by atoms with E-state index < -0.39 is 0 Å². The minimum atomic E-state index is -0.00479. The van der Waals surface area contributed by atoms with Gasteiger partial charge < -0.3 is 0 Å². The van der Waals surface area contributed by atoms with Gasteiger partial charge in [-0.05, 0) is 38.0 Å².